The van der Waals surface area contributed by atoms with Crippen LogP contribution in [-0.2, 0) is 9.84 Å². The van der Waals surface area contributed by atoms with Gasteiger partial charge in [0.15, 0.2) is 9.84 Å². The Morgan fingerprint density at radius 1 is 1.29 bits per heavy atom. The fraction of sp³-hybridized carbons (Fsp3) is 0.267. The van der Waals surface area contributed by atoms with Crippen molar-refractivity contribution in [3.05, 3.63) is 45.4 Å². The van der Waals surface area contributed by atoms with E-state index in [0.717, 1.165) is 17.6 Å². The highest BCUT2D eigenvalue weighted by Crippen LogP contribution is 2.24. The molecule has 1 aromatic carbocycles. The first-order valence-corrected chi connectivity index (χ1v) is 9.62. The summed E-state index contributed by atoms with van der Waals surface area (Å²) in [6.07, 6.45) is 1.03. The molecule has 0 spiro atoms. The first-order chi connectivity index (χ1) is 11.1. The number of carbonyl (C=O) groups excluding carboxylic acids is 1. The van der Waals surface area contributed by atoms with Crippen molar-refractivity contribution >= 4 is 33.1 Å². The Hall–Kier alpha value is -2.26. The second-order valence-corrected chi connectivity index (χ2v) is 8.25. The lowest BCUT2D eigenvalue weighted by Crippen LogP contribution is -2.28. The van der Waals surface area contributed by atoms with Gasteiger partial charge in [-0.2, -0.15) is 0 Å². The summed E-state index contributed by atoms with van der Waals surface area (Å²) in [5.41, 5.74) is 0.415. The molecule has 0 saturated heterocycles. The number of sulfone groups is 1. The monoisotopic (exact) mass is 368 g/mol. The highest BCUT2D eigenvalue weighted by molar-refractivity contribution is 7.90. The number of carbonyl (C=O) groups is 2. The fourth-order valence-corrected chi connectivity index (χ4v) is 3.91. The van der Waals surface area contributed by atoms with Crippen LogP contribution in [0.15, 0.2) is 29.2 Å². The van der Waals surface area contributed by atoms with Crippen LogP contribution in [0.25, 0.3) is 0 Å². The summed E-state index contributed by atoms with van der Waals surface area (Å²) in [4.78, 5) is 27.7. The van der Waals surface area contributed by atoms with Gasteiger partial charge in [-0.25, -0.2) is 18.2 Å². The fourth-order valence-electron chi connectivity index (χ4n) is 2.11. The van der Waals surface area contributed by atoms with Crippen LogP contribution >= 0.6 is 11.3 Å². The highest BCUT2D eigenvalue weighted by atomic mass is 32.2. The Morgan fingerprint density at radius 2 is 1.92 bits per heavy atom. The van der Waals surface area contributed by atoms with Crippen LogP contribution in [0.2, 0.25) is 0 Å². The SMILES string of the molecule is Cc1nc(C(C)NC(=O)c2ccccc2S(C)(=O)=O)sc1C(=O)O. The van der Waals surface area contributed by atoms with Crippen LogP contribution < -0.4 is 5.32 Å². The third-order valence-electron chi connectivity index (χ3n) is 3.26. The third-order valence-corrected chi connectivity index (χ3v) is 5.74. The molecule has 0 aliphatic carbocycles. The molecule has 1 heterocycles. The molecule has 0 fully saturated rings. The molecular formula is C15H16N2O5S2. The number of hydrogen-bond acceptors (Lipinski definition) is 6. The van der Waals surface area contributed by atoms with Crippen molar-refractivity contribution in [2.24, 2.45) is 0 Å². The van der Waals surface area contributed by atoms with Gasteiger partial charge in [-0.05, 0) is 26.0 Å². The quantitative estimate of drug-likeness (QED) is 0.835. The van der Waals surface area contributed by atoms with E-state index in [2.05, 4.69) is 10.3 Å². The van der Waals surface area contributed by atoms with Crippen molar-refractivity contribution in [2.45, 2.75) is 24.8 Å². The Kier molecular flexibility index (Phi) is 5.05. The number of carboxylic acid groups (broad SMARTS) is 1. The Labute approximate surface area is 143 Å². The van der Waals surface area contributed by atoms with Crippen molar-refractivity contribution in [3.63, 3.8) is 0 Å². The second kappa shape index (κ2) is 6.70. The maximum absolute atomic E-state index is 12.4. The number of thiazole rings is 1. The molecule has 0 radical (unpaired) electrons. The number of aromatic carboxylic acids is 1. The number of hydrogen-bond donors (Lipinski definition) is 2. The molecule has 2 rings (SSSR count). The van der Waals surface area contributed by atoms with E-state index in [1.54, 1.807) is 26.0 Å². The van der Waals surface area contributed by atoms with Gasteiger partial charge in [-0.3, -0.25) is 4.79 Å². The average Bonchev–Trinajstić information content (AvgIpc) is 2.88. The van der Waals surface area contributed by atoms with Gasteiger partial charge in [0.05, 0.1) is 22.2 Å². The van der Waals surface area contributed by atoms with Gasteiger partial charge < -0.3 is 10.4 Å². The molecule has 24 heavy (non-hydrogen) atoms. The van der Waals surface area contributed by atoms with Crippen LogP contribution in [-0.4, -0.2) is 36.6 Å². The Balaban J connectivity index is 2.28. The van der Waals surface area contributed by atoms with Crippen molar-refractivity contribution < 1.29 is 23.1 Å². The molecule has 7 nitrogen and oxygen atoms in total. The smallest absolute Gasteiger partial charge is 0.347 e. The van der Waals surface area contributed by atoms with E-state index in [9.17, 15) is 18.0 Å². The van der Waals surface area contributed by atoms with Crippen molar-refractivity contribution in [2.75, 3.05) is 6.26 Å². The largest absolute Gasteiger partial charge is 0.477 e. The van der Waals surface area contributed by atoms with Gasteiger partial charge in [0.1, 0.15) is 9.88 Å². The lowest BCUT2D eigenvalue weighted by molar-refractivity contribution is 0.0700. The lowest BCUT2D eigenvalue weighted by atomic mass is 10.2. The average molecular weight is 368 g/mol. The van der Waals surface area contributed by atoms with Gasteiger partial charge in [0, 0.05) is 6.26 Å². The number of carboxylic acids is 1. The predicted octanol–water partition coefficient (Wildman–Crippen LogP) is 2.04. The molecule has 0 bridgehead atoms. The summed E-state index contributed by atoms with van der Waals surface area (Å²) >= 11 is 0.979. The minimum absolute atomic E-state index is 0.0404. The van der Waals surface area contributed by atoms with Gasteiger partial charge in [0.2, 0.25) is 0 Å². The molecule has 0 saturated carbocycles. The zero-order chi connectivity index (χ0) is 18.1. The summed E-state index contributed by atoms with van der Waals surface area (Å²) < 4.78 is 23.6. The summed E-state index contributed by atoms with van der Waals surface area (Å²) in [6, 6.07) is 5.35. The van der Waals surface area contributed by atoms with E-state index in [1.165, 1.54) is 12.1 Å². The predicted molar refractivity (Wildman–Crippen MR) is 89.2 cm³/mol. The molecule has 1 unspecified atom stereocenters. The lowest BCUT2D eigenvalue weighted by Gasteiger charge is -2.13. The normalized spacial score (nSPS) is 12.6. The van der Waals surface area contributed by atoms with Crippen molar-refractivity contribution in [3.8, 4) is 0 Å². The van der Waals surface area contributed by atoms with Crippen LogP contribution in [0.4, 0.5) is 0 Å². The van der Waals surface area contributed by atoms with E-state index < -0.39 is 27.8 Å². The standard InChI is InChI=1S/C15H16N2O5S2/c1-8-12(15(19)20)23-14(17-8)9(2)16-13(18)10-6-4-5-7-11(10)24(3,21)22/h4-7,9H,1-3H3,(H,16,18)(H,19,20). The number of nitrogens with one attached hydrogen (secondary N) is 1. The minimum Gasteiger partial charge on any atom is -0.477 e. The number of aryl methyl sites for hydroxylation is 1. The van der Waals surface area contributed by atoms with Gasteiger partial charge in [-0.1, -0.05) is 12.1 Å². The molecule has 2 aromatic rings. The molecule has 9 heteroatoms. The molecule has 0 aliphatic heterocycles. The first-order valence-electron chi connectivity index (χ1n) is 6.92. The number of benzene rings is 1. The topological polar surface area (TPSA) is 113 Å². The van der Waals surface area contributed by atoms with Crippen LogP contribution in [0, 0.1) is 6.92 Å². The first kappa shape index (κ1) is 18.1. The maximum atomic E-state index is 12.4. The second-order valence-electron chi connectivity index (χ2n) is 5.24. The molecular weight excluding hydrogens is 352 g/mol. The number of rotatable bonds is 5. The van der Waals surface area contributed by atoms with Crippen LogP contribution in [0.5, 0.6) is 0 Å². The van der Waals surface area contributed by atoms with E-state index >= 15 is 0 Å². The van der Waals surface area contributed by atoms with Crippen molar-refractivity contribution in [1.82, 2.24) is 10.3 Å². The third kappa shape index (κ3) is 3.80. The molecule has 0 aliphatic rings. The zero-order valence-corrected chi connectivity index (χ0v) is 14.9. The van der Waals surface area contributed by atoms with E-state index in [1.807, 2.05) is 0 Å². The van der Waals surface area contributed by atoms with E-state index in [4.69, 9.17) is 5.11 Å². The molecule has 128 valence electrons. The van der Waals surface area contributed by atoms with Gasteiger partial charge >= 0.3 is 5.97 Å². The summed E-state index contributed by atoms with van der Waals surface area (Å²) in [5, 5.41) is 12.2. The maximum Gasteiger partial charge on any atom is 0.347 e. The van der Waals surface area contributed by atoms with Gasteiger partial charge in [0.25, 0.3) is 5.91 Å². The molecule has 2 N–H and O–H groups in total. The number of amides is 1. The van der Waals surface area contributed by atoms with Gasteiger partial charge in [-0.15, -0.1) is 11.3 Å². The Morgan fingerprint density at radius 3 is 2.46 bits per heavy atom. The van der Waals surface area contributed by atoms with Crippen LogP contribution in [0.3, 0.4) is 0 Å². The summed E-state index contributed by atoms with van der Waals surface area (Å²) in [7, 11) is -3.54. The summed E-state index contributed by atoms with van der Waals surface area (Å²) in [6.45, 7) is 3.24. The molecule has 1 amide bonds. The Bertz CT molecular complexity index is 902. The van der Waals surface area contributed by atoms with E-state index in [-0.39, 0.29) is 15.3 Å². The molecule has 1 atom stereocenters. The highest BCUT2D eigenvalue weighted by Gasteiger charge is 2.22. The minimum atomic E-state index is -3.54. The summed E-state index contributed by atoms with van der Waals surface area (Å²) in [5.74, 6) is -1.63. The van der Waals surface area contributed by atoms with Crippen molar-refractivity contribution in [1.29, 1.82) is 0 Å². The zero-order valence-electron chi connectivity index (χ0n) is 13.2. The van der Waals surface area contributed by atoms with Crippen LogP contribution in [0.1, 0.15) is 43.7 Å². The number of nitrogens with zero attached hydrogens (tertiary/aromatic N) is 1. The molecule has 1 aromatic heterocycles. The number of aromatic nitrogens is 1. The van der Waals surface area contributed by atoms with E-state index in [0.29, 0.717) is 10.7 Å².